The van der Waals surface area contributed by atoms with E-state index in [0.29, 0.717) is 25.3 Å². The predicted octanol–water partition coefficient (Wildman–Crippen LogP) is 2.76. The van der Waals surface area contributed by atoms with Crippen LogP contribution >= 0.6 is 0 Å². The molecule has 3 rings (SSSR count). The van der Waals surface area contributed by atoms with Crippen molar-refractivity contribution in [3.63, 3.8) is 0 Å². The number of benzene rings is 1. The molecule has 1 aliphatic rings. The van der Waals surface area contributed by atoms with Crippen molar-refractivity contribution in [1.82, 2.24) is 9.88 Å². The number of aromatic nitrogens is 1. The molecule has 26 heavy (non-hydrogen) atoms. The van der Waals surface area contributed by atoms with Gasteiger partial charge in [-0.2, -0.15) is 0 Å². The molecule has 2 heterocycles. The van der Waals surface area contributed by atoms with E-state index in [1.165, 1.54) is 29.8 Å². The summed E-state index contributed by atoms with van der Waals surface area (Å²) in [6, 6.07) is 9.78. The number of halogens is 1. The van der Waals surface area contributed by atoms with E-state index in [-0.39, 0.29) is 17.8 Å². The molecule has 0 aliphatic carbocycles. The van der Waals surface area contributed by atoms with E-state index in [4.69, 9.17) is 4.74 Å². The third kappa shape index (κ3) is 4.58. The molecule has 1 aliphatic heterocycles. The van der Waals surface area contributed by atoms with Crippen LogP contribution in [0.2, 0.25) is 0 Å². The normalized spacial score (nSPS) is 17.2. The van der Waals surface area contributed by atoms with Crippen molar-refractivity contribution in [3.8, 4) is 0 Å². The van der Waals surface area contributed by atoms with Gasteiger partial charge in [-0.25, -0.2) is 9.37 Å². The van der Waals surface area contributed by atoms with Gasteiger partial charge in [0.2, 0.25) is 0 Å². The molecule has 5 nitrogen and oxygen atoms in total. The molecule has 0 spiro atoms. The fourth-order valence-corrected chi connectivity index (χ4v) is 3.04. The van der Waals surface area contributed by atoms with E-state index in [2.05, 4.69) is 11.1 Å². The lowest BCUT2D eigenvalue weighted by molar-refractivity contribution is -0.0246. The molecular formula is C20H24FN3O2. The maximum Gasteiger partial charge on any atom is 0.254 e. The standard InChI is InChI=1S/C20H24FN3O2/c1-23(2)19-13-15(9-10-22-19)3-8-18-14-24(11-12-26-18)20(25)16-4-6-17(21)7-5-16/h4-7,9-10,13,18H,3,8,11-12,14H2,1-2H3/t18-/m1/s1. The number of ether oxygens (including phenoxy) is 1. The summed E-state index contributed by atoms with van der Waals surface area (Å²) in [6.45, 7) is 1.64. The number of amides is 1. The zero-order valence-electron chi connectivity index (χ0n) is 15.2. The number of carbonyl (C=O) groups is 1. The smallest absolute Gasteiger partial charge is 0.254 e. The van der Waals surface area contributed by atoms with Crippen molar-refractivity contribution < 1.29 is 13.9 Å². The molecule has 6 heteroatoms. The summed E-state index contributed by atoms with van der Waals surface area (Å²) in [5.41, 5.74) is 1.71. The minimum absolute atomic E-state index is 0.00381. The Labute approximate surface area is 153 Å². The van der Waals surface area contributed by atoms with Crippen LogP contribution in [0, 0.1) is 5.82 Å². The highest BCUT2D eigenvalue weighted by molar-refractivity contribution is 5.94. The van der Waals surface area contributed by atoms with Crippen molar-refractivity contribution in [3.05, 3.63) is 59.5 Å². The monoisotopic (exact) mass is 357 g/mol. The Morgan fingerprint density at radius 2 is 2.08 bits per heavy atom. The Kier molecular flexibility index (Phi) is 5.83. The molecule has 2 aromatic rings. The molecule has 1 fully saturated rings. The van der Waals surface area contributed by atoms with E-state index in [1.807, 2.05) is 31.3 Å². The first kappa shape index (κ1) is 18.3. The second-order valence-corrected chi connectivity index (χ2v) is 6.71. The SMILES string of the molecule is CN(C)c1cc(CC[C@@H]2CN(C(=O)c3ccc(F)cc3)CCO2)ccn1. The Balaban J connectivity index is 1.57. The Bertz CT molecular complexity index is 749. The van der Waals surface area contributed by atoms with Crippen LogP contribution in [-0.2, 0) is 11.2 Å². The maximum absolute atomic E-state index is 13.0. The predicted molar refractivity (Wildman–Crippen MR) is 98.9 cm³/mol. The van der Waals surface area contributed by atoms with Gasteiger partial charge in [-0.05, 0) is 54.8 Å². The highest BCUT2D eigenvalue weighted by Gasteiger charge is 2.25. The third-order valence-corrected chi connectivity index (χ3v) is 4.54. The first-order valence-corrected chi connectivity index (χ1v) is 8.81. The zero-order valence-corrected chi connectivity index (χ0v) is 15.2. The fourth-order valence-electron chi connectivity index (χ4n) is 3.04. The van der Waals surface area contributed by atoms with Crippen LogP contribution < -0.4 is 4.90 Å². The fraction of sp³-hybridized carbons (Fsp3) is 0.400. The Morgan fingerprint density at radius 3 is 2.81 bits per heavy atom. The first-order chi connectivity index (χ1) is 12.5. The summed E-state index contributed by atoms with van der Waals surface area (Å²) in [4.78, 5) is 20.7. The molecule has 1 aromatic carbocycles. The van der Waals surface area contributed by atoms with E-state index in [0.717, 1.165) is 18.7 Å². The number of anilines is 1. The second-order valence-electron chi connectivity index (χ2n) is 6.71. The minimum Gasteiger partial charge on any atom is -0.375 e. The third-order valence-electron chi connectivity index (χ3n) is 4.54. The highest BCUT2D eigenvalue weighted by atomic mass is 19.1. The summed E-state index contributed by atoms with van der Waals surface area (Å²) < 4.78 is 18.9. The van der Waals surface area contributed by atoms with Crippen LogP contribution in [0.3, 0.4) is 0 Å². The molecule has 1 amide bonds. The van der Waals surface area contributed by atoms with E-state index in [9.17, 15) is 9.18 Å². The van der Waals surface area contributed by atoms with Gasteiger partial charge in [0.1, 0.15) is 11.6 Å². The number of morpholine rings is 1. The summed E-state index contributed by atoms with van der Waals surface area (Å²) in [7, 11) is 3.94. The lowest BCUT2D eigenvalue weighted by Gasteiger charge is -2.33. The maximum atomic E-state index is 13.0. The average Bonchev–Trinajstić information content (AvgIpc) is 2.67. The second kappa shape index (κ2) is 8.27. The van der Waals surface area contributed by atoms with Crippen LogP contribution in [-0.4, -0.2) is 55.7 Å². The first-order valence-electron chi connectivity index (χ1n) is 8.81. The van der Waals surface area contributed by atoms with Gasteiger partial charge in [-0.3, -0.25) is 4.79 Å². The molecule has 138 valence electrons. The van der Waals surface area contributed by atoms with Crippen molar-refractivity contribution in [2.75, 3.05) is 38.7 Å². The van der Waals surface area contributed by atoms with Crippen LogP contribution in [0.5, 0.6) is 0 Å². The van der Waals surface area contributed by atoms with Gasteiger partial charge in [0.05, 0.1) is 12.7 Å². The highest BCUT2D eigenvalue weighted by Crippen LogP contribution is 2.17. The van der Waals surface area contributed by atoms with Crippen LogP contribution in [0.4, 0.5) is 10.2 Å². The summed E-state index contributed by atoms with van der Waals surface area (Å²) in [5.74, 6) is 0.521. The van der Waals surface area contributed by atoms with Gasteiger partial charge in [0.25, 0.3) is 5.91 Å². The zero-order chi connectivity index (χ0) is 18.5. The molecular weight excluding hydrogens is 333 g/mol. The van der Waals surface area contributed by atoms with Gasteiger partial charge in [0.15, 0.2) is 0 Å². The lowest BCUT2D eigenvalue weighted by Crippen LogP contribution is -2.45. The Morgan fingerprint density at radius 1 is 1.31 bits per heavy atom. The van der Waals surface area contributed by atoms with Gasteiger partial charge >= 0.3 is 0 Å². The van der Waals surface area contributed by atoms with Crippen LogP contribution in [0.15, 0.2) is 42.6 Å². The number of pyridine rings is 1. The number of hydrogen-bond donors (Lipinski definition) is 0. The molecule has 0 N–H and O–H groups in total. The number of rotatable bonds is 5. The summed E-state index contributed by atoms with van der Waals surface area (Å²) in [5, 5.41) is 0. The van der Waals surface area contributed by atoms with Crippen LogP contribution in [0.1, 0.15) is 22.3 Å². The molecule has 1 saturated heterocycles. The van der Waals surface area contributed by atoms with E-state index < -0.39 is 0 Å². The number of hydrogen-bond acceptors (Lipinski definition) is 4. The molecule has 0 unspecified atom stereocenters. The number of carbonyl (C=O) groups excluding carboxylic acids is 1. The average molecular weight is 357 g/mol. The van der Waals surface area contributed by atoms with Gasteiger partial charge in [0, 0.05) is 38.9 Å². The van der Waals surface area contributed by atoms with Gasteiger partial charge < -0.3 is 14.5 Å². The van der Waals surface area contributed by atoms with E-state index in [1.54, 1.807) is 4.90 Å². The minimum atomic E-state index is -0.337. The van der Waals surface area contributed by atoms with Crippen molar-refractivity contribution in [1.29, 1.82) is 0 Å². The molecule has 0 radical (unpaired) electrons. The largest absolute Gasteiger partial charge is 0.375 e. The molecule has 1 atom stereocenters. The number of nitrogens with zero attached hydrogens (tertiary/aromatic N) is 3. The van der Waals surface area contributed by atoms with E-state index >= 15 is 0 Å². The number of aryl methyl sites for hydroxylation is 1. The molecule has 0 bridgehead atoms. The Hall–Kier alpha value is -2.47. The molecule has 0 saturated carbocycles. The van der Waals surface area contributed by atoms with Crippen LogP contribution in [0.25, 0.3) is 0 Å². The summed E-state index contributed by atoms with van der Waals surface area (Å²) >= 11 is 0. The van der Waals surface area contributed by atoms with Gasteiger partial charge in [-0.1, -0.05) is 0 Å². The topological polar surface area (TPSA) is 45.7 Å². The van der Waals surface area contributed by atoms with Crippen molar-refractivity contribution in [2.45, 2.75) is 18.9 Å². The summed E-state index contributed by atoms with van der Waals surface area (Å²) in [6.07, 6.45) is 3.53. The molecule has 1 aromatic heterocycles. The quantitative estimate of drug-likeness (QED) is 0.825. The van der Waals surface area contributed by atoms with Crippen molar-refractivity contribution >= 4 is 11.7 Å². The van der Waals surface area contributed by atoms with Gasteiger partial charge in [-0.15, -0.1) is 0 Å². The lowest BCUT2D eigenvalue weighted by atomic mass is 10.1. The van der Waals surface area contributed by atoms with Crippen molar-refractivity contribution in [2.24, 2.45) is 0 Å².